The first kappa shape index (κ1) is 20.8. The molecule has 0 bridgehead atoms. The molecule has 154 valence electrons. The van der Waals surface area contributed by atoms with Gasteiger partial charge < -0.3 is 15.0 Å². The molecule has 2 atom stereocenters. The van der Waals surface area contributed by atoms with Crippen molar-refractivity contribution in [3.8, 4) is 5.75 Å². The molecule has 2 aromatic rings. The maximum absolute atomic E-state index is 14.1. The van der Waals surface area contributed by atoms with Gasteiger partial charge in [0.1, 0.15) is 11.6 Å². The van der Waals surface area contributed by atoms with Crippen LogP contribution in [-0.4, -0.2) is 43.5 Å². The SMILES string of the molecule is COc1ccc(C2CN(C(=O)c3ccccc3F)CC2C(=O)NCC(C)C)cc1. The van der Waals surface area contributed by atoms with E-state index in [1.54, 1.807) is 24.1 Å². The van der Waals surface area contributed by atoms with Gasteiger partial charge in [-0.2, -0.15) is 0 Å². The van der Waals surface area contributed by atoms with Gasteiger partial charge in [-0.15, -0.1) is 0 Å². The second-order valence-corrected chi connectivity index (χ2v) is 7.82. The number of likely N-dealkylation sites (tertiary alicyclic amines) is 1. The van der Waals surface area contributed by atoms with Gasteiger partial charge in [0.25, 0.3) is 5.91 Å². The van der Waals surface area contributed by atoms with Crippen molar-refractivity contribution in [2.45, 2.75) is 19.8 Å². The molecule has 5 nitrogen and oxygen atoms in total. The predicted molar refractivity (Wildman–Crippen MR) is 109 cm³/mol. The van der Waals surface area contributed by atoms with Crippen LogP contribution >= 0.6 is 0 Å². The van der Waals surface area contributed by atoms with Crippen molar-refractivity contribution in [3.05, 3.63) is 65.5 Å². The van der Waals surface area contributed by atoms with Gasteiger partial charge >= 0.3 is 0 Å². The third-order valence-corrected chi connectivity index (χ3v) is 5.28. The van der Waals surface area contributed by atoms with Crippen LogP contribution in [0, 0.1) is 17.7 Å². The van der Waals surface area contributed by atoms with Gasteiger partial charge in [0.2, 0.25) is 5.91 Å². The van der Waals surface area contributed by atoms with Gasteiger partial charge in [-0.05, 0) is 35.7 Å². The van der Waals surface area contributed by atoms with Gasteiger partial charge in [0, 0.05) is 25.6 Å². The Kier molecular flexibility index (Phi) is 6.52. The second-order valence-electron chi connectivity index (χ2n) is 7.82. The summed E-state index contributed by atoms with van der Waals surface area (Å²) in [6.45, 7) is 5.26. The second kappa shape index (κ2) is 9.07. The third-order valence-electron chi connectivity index (χ3n) is 5.28. The molecule has 1 heterocycles. The number of carbonyl (C=O) groups is 2. The van der Waals surface area contributed by atoms with Crippen LogP contribution in [0.4, 0.5) is 4.39 Å². The minimum absolute atomic E-state index is 0.0317. The van der Waals surface area contributed by atoms with Crippen LogP contribution in [0.1, 0.15) is 35.7 Å². The molecule has 0 spiro atoms. The number of rotatable bonds is 6. The molecule has 1 saturated heterocycles. The summed E-state index contributed by atoms with van der Waals surface area (Å²) >= 11 is 0. The number of hydrogen-bond acceptors (Lipinski definition) is 3. The highest BCUT2D eigenvalue weighted by molar-refractivity contribution is 5.95. The minimum Gasteiger partial charge on any atom is -0.497 e. The Labute approximate surface area is 170 Å². The minimum atomic E-state index is -0.550. The summed E-state index contributed by atoms with van der Waals surface area (Å²) in [7, 11) is 1.60. The number of nitrogens with one attached hydrogen (secondary N) is 1. The molecule has 29 heavy (non-hydrogen) atoms. The quantitative estimate of drug-likeness (QED) is 0.811. The van der Waals surface area contributed by atoms with E-state index < -0.39 is 11.7 Å². The molecule has 2 aromatic carbocycles. The van der Waals surface area contributed by atoms with Crippen LogP contribution in [0.3, 0.4) is 0 Å². The van der Waals surface area contributed by atoms with Gasteiger partial charge in [0.05, 0.1) is 18.6 Å². The summed E-state index contributed by atoms with van der Waals surface area (Å²) in [5.74, 6) is -0.514. The molecule has 1 aliphatic rings. The number of nitrogens with zero attached hydrogens (tertiary/aromatic N) is 1. The average molecular weight is 398 g/mol. The zero-order chi connectivity index (χ0) is 21.0. The van der Waals surface area contributed by atoms with E-state index in [-0.39, 0.29) is 29.8 Å². The Hall–Kier alpha value is -2.89. The number of ether oxygens (including phenoxy) is 1. The zero-order valence-electron chi connectivity index (χ0n) is 17.0. The monoisotopic (exact) mass is 398 g/mol. The molecular formula is C23H27FN2O3. The molecule has 0 saturated carbocycles. The molecule has 2 unspecified atom stereocenters. The van der Waals surface area contributed by atoms with Gasteiger partial charge in [-0.1, -0.05) is 38.1 Å². The van der Waals surface area contributed by atoms with E-state index in [0.717, 1.165) is 11.3 Å². The van der Waals surface area contributed by atoms with Crippen molar-refractivity contribution >= 4 is 11.8 Å². The zero-order valence-corrected chi connectivity index (χ0v) is 17.0. The van der Waals surface area contributed by atoms with E-state index in [1.807, 2.05) is 38.1 Å². The fraction of sp³-hybridized carbons (Fsp3) is 0.391. The smallest absolute Gasteiger partial charge is 0.256 e. The highest BCUT2D eigenvalue weighted by atomic mass is 19.1. The van der Waals surface area contributed by atoms with Gasteiger partial charge in [0.15, 0.2) is 0 Å². The average Bonchev–Trinajstić information content (AvgIpc) is 3.17. The highest BCUT2D eigenvalue weighted by Crippen LogP contribution is 2.34. The van der Waals surface area contributed by atoms with Crippen LogP contribution in [0.2, 0.25) is 0 Å². The Bertz CT molecular complexity index is 867. The van der Waals surface area contributed by atoms with E-state index in [9.17, 15) is 14.0 Å². The number of carbonyl (C=O) groups excluding carboxylic acids is 2. The molecule has 3 rings (SSSR count). The van der Waals surface area contributed by atoms with E-state index in [2.05, 4.69) is 5.32 Å². The Balaban J connectivity index is 1.85. The molecular weight excluding hydrogens is 371 g/mol. The van der Waals surface area contributed by atoms with Crippen LogP contribution in [0.25, 0.3) is 0 Å². The number of halogens is 1. The lowest BCUT2D eigenvalue weighted by atomic mass is 9.88. The summed E-state index contributed by atoms with van der Waals surface area (Å²) < 4.78 is 19.3. The third kappa shape index (κ3) is 4.75. The summed E-state index contributed by atoms with van der Waals surface area (Å²) in [5, 5.41) is 2.98. The Morgan fingerprint density at radius 1 is 1.14 bits per heavy atom. The summed E-state index contributed by atoms with van der Waals surface area (Å²) in [5.41, 5.74) is 0.989. The van der Waals surface area contributed by atoms with Crippen molar-refractivity contribution in [1.29, 1.82) is 0 Å². The lowest BCUT2D eigenvalue weighted by molar-refractivity contribution is -0.125. The largest absolute Gasteiger partial charge is 0.497 e. The molecule has 0 aromatic heterocycles. The van der Waals surface area contributed by atoms with E-state index >= 15 is 0 Å². The number of methoxy groups -OCH3 is 1. The van der Waals surface area contributed by atoms with E-state index in [1.165, 1.54) is 12.1 Å². The highest BCUT2D eigenvalue weighted by Gasteiger charge is 2.40. The number of benzene rings is 2. The first-order valence-corrected chi connectivity index (χ1v) is 9.86. The van der Waals surface area contributed by atoms with Crippen molar-refractivity contribution in [2.75, 3.05) is 26.7 Å². The lowest BCUT2D eigenvalue weighted by Gasteiger charge is -2.19. The van der Waals surface area contributed by atoms with Crippen molar-refractivity contribution in [3.63, 3.8) is 0 Å². The first-order chi connectivity index (χ1) is 13.9. The van der Waals surface area contributed by atoms with Crippen LogP contribution < -0.4 is 10.1 Å². The predicted octanol–water partition coefficient (Wildman–Crippen LogP) is 3.46. The fourth-order valence-corrected chi connectivity index (χ4v) is 3.66. The van der Waals surface area contributed by atoms with Crippen molar-refractivity contribution in [1.82, 2.24) is 10.2 Å². The van der Waals surface area contributed by atoms with E-state index in [4.69, 9.17) is 4.74 Å². The maximum atomic E-state index is 14.1. The molecule has 0 aliphatic carbocycles. The molecule has 1 N–H and O–H groups in total. The molecule has 1 aliphatic heterocycles. The Morgan fingerprint density at radius 2 is 1.83 bits per heavy atom. The number of hydrogen-bond donors (Lipinski definition) is 1. The molecule has 0 radical (unpaired) electrons. The lowest BCUT2D eigenvalue weighted by Crippen LogP contribution is -2.37. The maximum Gasteiger partial charge on any atom is 0.256 e. The standard InChI is InChI=1S/C23H27FN2O3/c1-15(2)12-25-22(27)20-14-26(23(28)18-6-4-5-7-21(18)24)13-19(20)16-8-10-17(29-3)11-9-16/h4-11,15,19-20H,12-14H2,1-3H3,(H,25,27). The van der Waals surface area contributed by atoms with Crippen LogP contribution in [-0.2, 0) is 4.79 Å². The molecule has 6 heteroatoms. The van der Waals surface area contributed by atoms with Crippen LogP contribution in [0.5, 0.6) is 5.75 Å². The number of amides is 2. The molecule has 1 fully saturated rings. The fourth-order valence-electron chi connectivity index (χ4n) is 3.66. The van der Waals surface area contributed by atoms with Crippen molar-refractivity contribution < 1.29 is 18.7 Å². The van der Waals surface area contributed by atoms with Crippen LogP contribution in [0.15, 0.2) is 48.5 Å². The summed E-state index contributed by atoms with van der Waals surface area (Å²) in [4.78, 5) is 27.4. The Morgan fingerprint density at radius 3 is 2.45 bits per heavy atom. The van der Waals surface area contributed by atoms with Crippen molar-refractivity contribution in [2.24, 2.45) is 11.8 Å². The summed E-state index contributed by atoms with van der Waals surface area (Å²) in [6, 6.07) is 13.5. The topological polar surface area (TPSA) is 58.6 Å². The normalized spacial score (nSPS) is 18.7. The summed E-state index contributed by atoms with van der Waals surface area (Å²) in [6.07, 6.45) is 0. The first-order valence-electron chi connectivity index (χ1n) is 9.86. The molecule has 2 amide bonds. The van der Waals surface area contributed by atoms with Gasteiger partial charge in [-0.25, -0.2) is 4.39 Å². The van der Waals surface area contributed by atoms with E-state index in [0.29, 0.717) is 19.0 Å². The van der Waals surface area contributed by atoms with Gasteiger partial charge in [-0.3, -0.25) is 9.59 Å².